The van der Waals surface area contributed by atoms with Crippen LogP contribution in [-0.4, -0.2) is 22.3 Å². The number of amides is 1. The van der Waals surface area contributed by atoms with Gasteiger partial charge in [-0.15, -0.1) is 0 Å². The fraction of sp³-hybridized carbons (Fsp3) is 0.250. The highest BCUT2D eigenvalue weighted by atomic mass is 79.9. The number of benzene rings is 1. The van der Waals surface area contributed by atoms with Crippen LogP contribution in [-0.2, 0) is 6.54 Å². The van der Waals surface area contributed by atoms with E-state index < -0.39 is 0 Å². The van der Waals surface area contributed by atoms with Gasteiger partial charge in [-0.05, 0) is 65.2 Å². The van der Waals surface area contributed by atoms with Gasteiger partial charge >= 0.3 is 0 Å². The molecule has 1 aromatic heterocycles. The normalized spacial score (nSPS) is 10.3. The molecule has 104 valence electrons. The molecule has 4 heteroatoms. The topological polar surface area (TPSA) is 33.2 Å². The van der Waals surface area contributed by atoms with Crippen molar-refractivity contribution in [3.63, 3.8) is 0 Å². The molecule has 2 aromatic rings. The number of aromatic nitrogens is 1. The number of carbonyl (C=O) groups excluding carboxylic acids is 1. The van der Waals surface area contributed by atoms with Gasteiger partial charge in [0.15, 0.2) is 0 Å². The first kappa shape index (κ1) is 14.7. The maximum absolute atomic E-state index is 12.6. The summed E-state index contributed by atoms with van der Waals surface area (Å²) in [6.07, 6.45) is 3.49. The Morgan fingerprint density at radius 3 is 2.55 bits per heavy atom. The van der Waals surface area contributed by atoms with Crippen LogP contribution in [0.25, 0.3) is 0 Å². The summed E-state index contributed by atoms with van der Waals surface area (Å²) in [5.41, 5.74) is 2.91. The van der Waals surface area contributed by atoms with E-state index in [1.807, 2.05) is 49.1 Å². The van der Waals surface area contributed by atoms with E-state index in [1.165, 1.54) is 0 Å². The zero-order valence-electron chi connectivity index (χ0n) is 11.6. The lowest BCUT2D eigenvalue weighted by atomic mass is 10.1. The number of nitrogens with zero attached hydrogens (tertiary/aromatic N) is 2. The van der Waals surface area contributed by atoms with Crippen LogP contribution in [0.4, 0.5) is 0 Å². The third kappa shape index (κ3) is 3.45. The summed E-state index contributed by atoms with van der Waals surface area (Å²) in [5, 5.41) is 0. The molecule has 0 bridgehead atoms. The zero-order valence-corrected chi connectivity index (χ0v) is 13.2. The predicted molar refractivity (Wildman–Crippen MR) is 83.5 cm³/mol. The molecule has 0 aliphatic heterocycles. The molecule has 1 amide bonds. The standard InChI is InChI=1S/C16H17BrN2O/c1-3-19(11-13-6-8-18-9-7-13)16(20)14-5-4-12(2)10-15(14)17/h4-10H,3,11H2,1-2H3. The first-order valence-corrected chi connectivity index (χ1v) is 7.35. The second-order valence-corrected chi connectivity index (χ2v) is 5.51. The number of carbonyl (C=O) groups is 1. The molecule has 0 aliphatic rings. The Labute approximate surface area is 127 Å². The van der Waals surface area contributed by atoms with Crippen molar-refractivity contribution in [1.82, 2.24) is 9.88 Å². The maximum Gasteiger partial charge on any atom is 0.255 e. The average molecular weight is 333 g/mol. The Balaban J connectivity index is 2.21. The van der Waals surface area contributed by atoms with Crippen molar-refractivity contribution in [2.75, 3.05) is 6.54 Å². The Morgan fingerprint density at radius 2 is 1.95 bits per heavy atom. The predicted octanol–water partition coefficient (Wildman–Crippen LogP) is 3.81. The number of rotatable bonds is 4. The van der Waals surface area contributed by atoms with E-state index in [2.05, 4.69) is 20.9 Å². The summed E-state index contributed by atoms with van der Waals surface area (Å²) in [6, 6.07) is 9.66. The molecule has 1 heterocycles. The summed E-state index contributed by atoms with van der Waals surface area (Å²) in [4.78, 5) is 18.4. The van der Waals surface area contributed by atoms with Crippen LogP contribution in [0, 0.1) is 6.92 Å². The van der Waals surface area contributed by atoms with E-state index in [-0.39, 0.29) is 5.91 Å². The molecule has 0 fully saturated rings. The molecule has 0 saturated heterocycles. The summed E-state index contributed by atoms with van der Waals surface area (Å²) in [7, 11) is 0. The van der Waals surface area contributed by atoms with E-state index in [4.69, 9.17) is 0 Å². The fourth-order valence-corrected chi connectivity index (χ4v) is 2.66. The lowest BCUT2D eigenvalue weighted by Crippen LogP contribution is -2.30. The zero-order chi connectivity index (χ0) is 14.5. The van der Waals surface area contributed by atoms with Gasteiger partial charge in [0, 0.05) is 30.0 Å². The molecule has 0 atom stereocenters. The van der Waals surface area contributed by atoms with E-state index in [9.17, 15) is 4.79 Å². The van der Waals surface area contributed by atoms with Gasteiger partial charge in [0.1, 0.15) is 0 Å². The second-order valence-electron chi connectivity index (χ2n) is 4.66. The van der Waals surface area contributed by atoms with Crippen molar-refractivity contribution in [2.24, 2.45) is 0 Å². The highest BCUT2D eigenvalue weighted by Crippen LogP contribution is 2.20. The molecule has 0 saturated carbocycles. The molecular formula is C16H17BrN2O. The third-order valence-electron chi connectivity index (χ3n) is 3.15. The van der Waals surface area contributed by atoms with Gasteiger partial charge < -0.3 is 4.90 Å². The number of pyridine rings is 1. The van der Waals surface area contributed by atoms with E-state index in [1.54, 1.807) is 12.4 Å². The van der Waals surface area contributed by atoms with Crippen LogP contribution in [0.1, 0.15) is 28.4 Å². The lowest BCUT2D eigenvalue weighted by Gasteiger charge is -2.21. The molecule has 0 spiro atoms. The van der Waals surface area contributed by atoms with Crippen molar-refractivity contribution in [3.05, 3.63) is 63.9 Å². The highest BCUT2D eigenvalue weighted by Gasteiger charge is 2.17. The molecule has 0 unspecified atom stereocenters. The molecule has 0 aliphatic carbocycles. The lowest BCUT2D eigenvalue weighted by molar-refractivity contribution is 0.0751. The van der Waals surface area contributed by atoms with Crippen LogP contribution >= 0.6 is 15.9 Å². The monoisotopic (exact) mass is 332 g/mol. The Morgan fingerprint density at radius 1 is 1.25 bits per heavy atom. The third-order valence-corrected chi connectivity index (χ3v) is 3.80. The SMILES string of the molecule is CCN(Cc1ccncc1)C(=O)c1ccc(C)cc1Br. The van der Waals surface area contributed by atoms with Crippen LogP contribution in [0.2, 0.25) is 0 Å². The number of hydrogen-bond acceptors (Lipinski definition) is 2. The smallest absolute Gasteiger partial charge is 0.255 e. The quantitative estimate of drug-likeness (QED) is 0.852. The summed E-state index contributed by atoms with van der Waals surface area (Å²) < 4.78 is 0.843. The van der Waals surface area contributed by atoms with Crippen LogP contribution in [0.3, 0.4) is 0 Å². The minimum absolute atomic E-state index is 0.0381. The minimum Gasteiger partial charge on any atom is -0.335 e. The highest BCUT2D eigenvalue weighted by molar-refractivity contribution is 9.10. The van der Waals surface area contributed by atoms with Crippen LogP contribution < -0.4 is 0 Å². The number of hydrogen-bond donors (Lipinski definition) is 0. The Kier molecular flexibility index (Phi) is 4.90. The number of halogens is 1. The van der Waals surface area contributed by atoms with Crippen molar-refractivity contribution in [3.8, 4) is 0 Å². The first-order valence-electron chi connectivity index (χ1n) is 6.56. The second kappa shape index (κ2) is 6.66. The van der Waals surface area contributed by atoms with Crippen molar-refractivity contribution in [1.29, 1.82) is 0 Å². The summed E-state index contributed by atoms with van der Waals surface area (Å²) >= 11 is 3.47. The summed E-state index contributed by atoms with van der Waals surface area (Å²) in [6.45, 7) is 5.26. The van der Waals surface area contributed by atoms with Gasteiger partial charge in [-0.1, -0.05) is 6.07 Å². The molecule has 1 aromatic carbocycles. The van der Waals surface area contributed by atoms with E-state index in [0.29, 0.717) is 18.7 Å². The molecule has 3 nitrogen and oxygen atoms in total. The van der Waals surface area contributed by atoms with E-state index >= 15 is 0 Å². The first-order chi connectivity index (χ1) is 9.61. The van der Waals surface area contributed by atoms with Crippen LogP contribution in [0.5, 0.6) is 0 Å². The summed E-state index contributed by atoms with van der Waals surface area (Å²) in [5.74, 6) is 0.0381. The minimum atomic E-state index is 0.0381. The molecule has 20 heavy (non-hydrogen) atoms. The van der Waals surface area contributed by atoms with Gasteiger partial charge in [0.25, 0.3) is 5.91 Å². The molecule has 0 radical (unpaired) electrons. The fourth-order valence-electron chi connectivity index (χ4n) is 2.00. The van der Waals surface area contributed by atoms with Gasteiger partial charge in [0.2, 0.25) is 0 Å². The molecular weight excluding hydrogens is 316 g/mol. The van der Waals surface area contributed by atoms with Gasteiger partial charge in [0.05, 0.1) is 5.56 Å². The number of aryl methyl sites for hydroxylation is 1. The maximum atomic E-state index is 12.6. The average Bonchev–Trinajstić information content (AvgIpc) is 2.45. The van der Waals surface area contributed by atoms with E-state index in [0.717, 1.165) is 15.6 Å². The van der Waals surface area contributed by atoms with Crippen LogP contribution in [0.15, 0.2) is 47.2 Å². The van der Waals surface area contributed by atoms with Gasteiger partial charge in [-0.25, -0.2) is 0 Å². The van der Waals surface area contributed by atoms with Gasteiger partial charge in [-0.2, -0.15) is 0 Å². The van der Waals surface area contributed by atoms with Crippen molar-refractivity contribution < 1.29 is 4.79 Å². The molecule has 2 rings (SSSR count). The Bertz CT molecular complexity index is 599. The van der Waals surface area contributed by atoms with Gasteiger partial charge in [-0.3, -0.25) is 9.78 Å². The van der Waals surface area contributed by atoms with Crippen molar-refractivity contribution in [2.45, 2.75) is 20.4 Å². The van der Waals surface area contributed by atoms with Crippen molar-refractivity contribution >= 4 is 21.8 Å². The Hall–Kier alpha value is -1.68. The largest absolute Gasteiger partial charge is 0.335 e. The molecule has 0 N–H and O–H groups in total.